The summed E-state index contributed by atoms with van der Waals surface area (Å²) in [5, 5.41) is 13.8. The molecule has 7 nitrogen and oxygen atoms in total. The summed E-state index contributed by atoms with van der Waals surface area (Å²) in [5.41, 5.74) is 2.07. The molecule has 0 spiro atoms. The van der Waals surface area contributed by atoms with E-state index in [0.717, 1.165) is 0 Å². The SMILES string of the molecule is CCS(=O)(=O)c1ccc(CC(=O)Nc2ccc(C(=O)N(C)[C@H](O)c3ccc(Cl)cc3)cc2)cc1. The van der Waals surface area contributed by atoms with Crippen LogP contribution in [0.25, 0.3) is 0 Å². The van der Waals surface area contributed by atoms with Crippen molar-refractivity contribution in [2.45, 2.75) is 24.5 Å². The molecule has 0 bridgehead atoms. The average molecular weight is 501 g/mol. The van der Waals surface area contributed by atoms with Gasteiger partial charge in [0.25, 0.3) is 5.91 Å². The summed E-state index contributed by atoms with van der Waals surface area (Å²) in [6, 6.07) is 19.1. The van der Waals surface area contributed by atoms with Gasteiger partial charge in [0.1, 0.15) is 0 Å². The van der Waals surface area contributed by atoms with Crippen LogP contribution in [-0.4, -0.2) is 43.0 Å². The highest BCUT2D eigenvalue weighted by Crippen LogP contribution is 2.21. The molecule has 3 aromatic carbocycles. The third kappa shape index (κ3) is 6.22. The minimum atomic E-state index is -3.28. The van der Waals surface area contributed by atoms with Crippen LogP contribution >= 0.6 is 11.6 Å². The summed E-state index contributed by atoms with van der Waals surface area (Å²) in [5.74, 6) is -0.649. The Morgan fingerprint density at radius 2 is 1.56 bits per heavy atom. The average Bonchev–Trinajstić information content (AvgIpc) is 2.84. The number of aliphatic hydroxyl groups is 1. The summed E-state index contributed by atoms with van der Waals surface area (Å²) >= 11 is 5.86. The Bertz CT molecular complexity index is 1260. The summed E-state index contributed by atoms with van der Waals surface area (Å²) in [4.78, 5) is 26.5. The normalized spacial score (nSPS) is 12.1. The molecule has 1 atom stereocenters. The van der Waals surface area contributed by atoms with Crippen LogP contribution in [0.4, 0.5) is 5.69 Å². The van der Waals surface area contributed by atoms with Gasteiger partial charge >= 0.3 is 0 Å². The number of carbonyl (C=O) groups excluding carboxylic acids is 2. The summed E-state index contributed by atoms with van der Waals surface area (Å²) in [6.07, 6.45) is -1.06. The molecule has 3 rings (SSSR count). The van der Waals surface area contributed by atoms with Gasteiger partial charge in [0, 0.05) is 28.9 Å². The van der Waals surface area contributed by atoms with Crippen molar-refractivity contribution < 1.29 is 23.1 Å². The molecular formula is C25H25ClN2O5S. The number of nitrogens with one attached hydrogen (secondary N) is 1. The van der Waals surface area contributed by atoms with Crippen LogP contribution in [0, 0.1) is 0 Å². The fraction of sp³-hybridized carbons (Fsp3) is 0.200. The topological polar surface area (TPSA) is 104 Å². The van der Waals surface area contributed by atoms with Crippen LogP contribution in [0.15, 0.2) is 77.7 Å². The number of amides is 2. The van der Waals surface area contributed by atoms with E-state index in [0.29, 0.717) is 27.4 Å². The van der Waals surface area contributed by atoms with Crippen LogP contribution in [0.1, 0.15) is 34.6 Å². The molecule has 0 saturated heterocycles. The number of halogens is 1. The molecule has 178 valence electrons. The lowest BCUT2D eigenvalue weighted by molar-refractivity contribution is -0.115. The highest BCUT2D eigenvalue weighted by Gasteiger charge is 2.20. The van der Waals surface area contributed by atoms with Crippen molar-refractivity contribution in [1.29, 1.82) is 0 Å². The van der Waals surface area contributed by atoms with Crippen molar-refractivity contribution in [2.75, 3.05) is 18.1 Å². The molecule has 2 N–H and O–H groups in total. The Morgan fingerprint density at radius 1 is 0.971 bits per heavy atom. The standard InChI is InChI=1S/C25H25ClN2O5S/c1-3-34(32,33)22-14-4-17(5-15-22)16-23(29)27-21-12-8-19(9-13-21)25(31)28(2)24(30)18-6-10-20(26)11-7-18/h4-15,24,30H,3,16H2,1-2H3,(H,27,29)/t24-/m1/s1. The molecule has 0 aromatic heterocycles. The third-order valence-corrected chi connectivity index (χ3v) is 7.30. The maximum Gasteiger partial charge on any atom is 0.255 e. The van der Waals surface area contributed by atoms with Crippen LogP contribution in [0.2, 0.25) is 5.02 Å². The fourth-order valence-electron chi connectivity index (χ4n) is 3.24. The maximum atomic E-state index is 12.7. The number of hydrogen-bond acceptors (Lipinski definition) is 5. The van der Waals surface area contributed by atoms with Crippen LogP contribution in [-0.2, 0) is 21.1 Å². The van der Waals surface area contributed by atoms with Crippen molar-refractivity contribution >= 4 is 38.9 Å². The van der Waals surface area contributed by atoms with Gasteiger partial charge in [-0.2, -0.15) is 0 Å². The van der Waals surface area contributed by atoms with E-state index in [2.05, 4.69) is 5.32 Å². The minimum absolute atomic E-state index is 0.0151. The van der Waals surface area contributed by atoms with Gasteiger partial charge in [-0.15, -0.1) is 0 Å². The van der Waals surface area contributed by atoms with E-state index in [1.54, 1.807) is 67.6 Å². The Hall–Kier alpha value is -3.20. The molecule has 3 aromatic rings. The highest BCUT2D eigenvalue weighted by molar-refractivity contribution is 7.91. The number of aliphatic hydroxyl groups excluding tert-OH is 1. The zero-order valence-corrected chi connectivity index (χ0v) is 20.3. The second-order valence-electron chi connectivity index (χ2n) is 7.69. The van der Waals surface area contributed by atoms with E-state index in [1.165, 1.54) is 24.1 Å². The molecule has 0 radical (unpaired) electrons. The maximum absolute atomic E-state index is 12.7. The van der Waals surface area contributed by atoms with Crippen LogP contribution in [0.5, 0.6) is 0 Å². The molecule has 0 aliphatic heterocycles. The summed E-state index contributed by atoms with van der Waals surface area (Å²) in [7, 11) is -1.79. The number of nitrogens with zero attached hydrogens (tertiary/aromatic N) is 1. The molecule has 0 unspecified atom stereocenters. The van der Waals surface area contributed by atoms with E-state index < -0.39 is 16.1 Å². The number of benzene rings is 3. The number of carbonyl (C=O) groups is 2. The van der Waals surface area contributed by atoms with Crippen molar-refractivity contribution in [2.24, 2.45) is 0 Å². The Balaban J connectivity index is 1.60. The molecule has 34 heavy (non-hydrogen) atoms. The van der Waals surface area contributed by atoms with Gasteiger partial charge in [0.05, 0.1) is 17.1 Å². The Labute approximate surface area is 203 Å². The van der Waals surface area contributed by atoms with E-state index in [-0.39, 0.29) is 28.9 Å². The lowest BCUT2D eigenvalue weighted by atomic mass is 10.1. The van der Waals surface area contributed by atoms with Gasteiger partial charge in [-0.25, -0.2) is 8.42 Å². The molecule has 9 heteroatoms. The predicted molar refractivity (Wildman–Crippen MR) is 131 cm³/mol. The third-order valence-electron chi connectivity index (χ3n) is 5.30. The first-order chi connectivity index (χ1) is 16.1. The Kier molecular flexibility index (Phi) is 8.09. The van der Waals surface area contributed by atoms with Crippen molar-refractivity contribution in [1.82, 2.24) is 4.90 Å². The highest BCUT2D eigenvalue weighted by atomic mass is 35.5. The van der Waals surface area contributed by atoms with Gasteiger partial charge in [0.2, 0.25) is 5.91 Å². The second kappa shape index (κ2) is 10.8. The molecular weight excluding hydrogens is 476 g/mol. The lowest BCUT2D eigenvalue weighted by Crippen LogP contribution is -2.31. The van der Waals surface area contributed by atoms with E-state index in [1.807, 2.05) is 0 Å². The van der Waals surface area contributed by atoms with Crippen LogP contribution < -0.4 is 5.32 Å². The van der Waals surface area contributed by atoms with E-state index in [9.17, 15) is 23.1 Å². The number of hydrogen-bond donors (Lipinski definition) is 2. The van der Waals surface area contributed by atoms with E-state index >= 15 is 0 Å². The largest absolute Gasteiger partial charge is 0.369 e. The zero-order chi connectivity index (χ0) is 24.9. The van der Waals surface area contributed by atoms with Crippen molar-refractivity contribution in [3.8, 4) is 0 Å². The first-order valence-corrected chi connectivity index (χ1v) is 12.6. The molecule has 0 heterocycles. The summed E-state index contributed by atoms with van der Waals surface area (Å²) in [6.45, 7) is 1.58. The van der Waals surface area contributed by atoms with Gasteiger partial charge < -0.3 is 15.3 Å². The molecule has 0 fully saturated rings. The quantitative estimate of drug-likeness (QED) is 0.453. The van der Waals surface area contributed by atoms with Gasteiger partial charge in [-0.05, 0) is 54.1 Å². The number of anilines is 1. The minimum Gasteiger partial charge on any atom is -0.369 e. The van der Waals surface area contributed by atoms with Gasteiger partial charge in [0.15, 0.2) is 16.1 Å². The van der Waals surface area contributed by atoms with Crippen molar-refractivity contribution in [3.05, 3.63) is 94.5 Å². The second-order valence-corrected chi connectivity index (χ2v) is 10.4. The smallest absolute Gasteiger partial charge is 0.255 e. The zero-order valence-electron chi connectivity index (χ0n) is 18.7. The number of rotatable bonds is 8. The lowest BCUT2D eigenvalue weighted by Gasteiger charge is -2.24. The molecule has 0 aliphatic rings. The monoisotopic (exact) mass is 500 g/mol. The fourth-order valence-corrected chi connectivity index (χ4v) is 4.25. The van der Waals surface area contributed by atoms with Gasteiger partial charge in [-0.3, -0.25) is 9.59 Å². The summed E-state index contributed by atoms with van der Waals surface area (Å²) < 4.78 is 23.8. The molecule has 2 amide bonds. The first kappa shape index (κ1) is 25.4. The molecule has 0 aliphatic carbocycles. The first-order valence-electron chi connectivity index (χ1n) is 10.5. The van der Waals surface area contributed by atoms with Gasteiger partial charge in [-0.1, -0.05) is 42.8 Å². The number of sulfone groups is 1. The van der Waals surface area contributed by atoms with Crippen molar-refractivity contribution in [3.63, 3.8) is 0 Å². The Morgan fingerprint density at radius 3 is 2.12 bits per heavy atom. The molecule has 0 saturated carbocycles. The predicted octanol–water partition coefficient (Wildman–Crippen LogP) is 4.08. The van der Waals surface area contributed by atoms with E-state index in [4.69, 9.17) is 11.6 Å². The van der Waals surface area contributed by atoms with Crippen LogP contribution in [0.3, 0.4) is 0 Å².